The molecule has 2 unspecified atom stereocenters. The summed E-state index contributed by atoms with van der Waals surface area (Å²) in [5.41, 5.74) is 6.12. The molecule has 1 aliphatic heterocycles. The van der Waals surface area contributed by atoms with Gasteiger partial charge >= 0.3 is 0 Å². The van der Waals surface area contributed by atoms with Crippen LogP contribution in [0, 0.1) is 0 Å². The highest BCUT2D eigenvalue weighted by molar-refractivity contribution is 5.58. The molecule has 0 fully saturated rings. The van der Waals surface area contributed by atoms with Gasteiger partial charge in [-0.25, -0.2) is 0 Å². The van der Waals surface area contributed by atoms with E-state index < -0.39 is 0 Å². The zero-order chi connectivity index (χ0) is 18.2. The van der Waals surface area contributed by atoms with Gasteiger partial charge in [0.1, 0.15) is 0 Å². The van der Waals surface area contributed by atoms with Gasteiger partial charge in [-0.05, 0) is 19.8 Å². The van der Waals surface area contributed by atoms with Crippen molar-refractivity contribution in [3.63, 3.8) is 0 Å². The zero-order valence-corrected chi connectivity index (χ0v) is 17.0. The fraction of sp³-hybridized carbons (Fsp3) is 0.864. The maximum Gasteiger partial charge on any atom is 0.0856 e. The smallest absolute Gasteiger partial charge is 0.0856 e. The van der Waals surface area contributed by atoms with Gasteiger partial charge in [0.2, 0.25) is 0 Å². The lowest BCUT2D eigenvalue weighted by molar-refractivity contribution is 0.357. The highest BCUT2D eigenvalue weighted by Crippen LogP contribution is 2.13. The first-order valence-corrected chi connectivity index (χ1v) is 10.9. The van der Waals surface area contributed by atoms with Crippen molar-refractivity contribution < 1.29 is 0 Å². The molecule has 0 bridgehead atoms. The van der Waals surface area contributed by atoms with E-state index in [1.165, 1.54) is 83.5 Å². The number of nitrogens with zero attached hydrogens (tertiary/aromatic N) is 2. The van der Waals surface area contributed by atoms with Crippen LogP contribution in [0.3, 0.4) is 0 Å². The number of hydrogen-bond donors (Lipinski definition) is 1. The third kappa shape index (κ3) is 11.4. The van der Waals surface area contributed by atoms with Crippen LogP contribution in [0.15, 0.2) is 17.1 Å². The van der Waals surface area contributed by atoms with Gasteiger partial charge < -0.3 is 10.6 Å². The molecule has 0 aromatic rings. The average molecular weight is 350 g/mol. The van der Waals surface area contributed by atoms with Crippen molar-refractivity contribution in [3.8, 4) is 0 Å². The molecule has 0 aromatic carbocycles. The Morgan fingerprint density at radius 1 is 0.960 bits per heavy atom. The SMILES string of the molecule is CCCCCCCCCCCCCCC=CC(C(C)N)N1C=NCC1. The molecule has 3 heteroatoms. The van der Waals surface area contributed by atoms with Crippen LogP contribution in [0.4, 0.5) is 0 Å². The lowest BCUT2D eigenvalue weighted by Gasteiger charge is -2.27. The first kappa shape index (κ1) is 22.2. The highest BCUT2D eigenvalue weighted by Gasteiger charge is 2.18. The monoisotopic (exact) mass is 349 g/mol. The predicted octanol–water partition coefficient (Wildman–Crippen LogP) is 5.69. The molecule has 0 aromatic heterocycles. The molecular formula is C22H43N3. The van der Waals surface area contributed by atoms with Gasteiger partial charge in [0.15, 0.2) is 0 Å². The number of allylic oxidation sites excluding steroid dienone is 1. The Labute approximate surface area is 157 Å². The van der Waals surface area contributed by atoms with Crippen LogP contribution < -0.4 is 5.73 Å². The second-order valence-electron chi connectivity index (χ2n) is 7.72. The van der Waals surface area contributed by atoms with Crippen LogP contribution in [0.25, 0.3) is 0 Å². The molecule has 0 radical (unpaired) electrons. The summed E-state index contributed by atoms with van der Waals surface area (Å²) in [4.78, 5) is 6.56. The average Bonchev–Trinajstić information content (AvgIpc) is 3.12. The fourth-order valence-corrected chi connectivity index (χ4v) is 3.55. The van der Waals surface area contributed by atoms with E-state index in [1.807, 2.05) is 6.34 Å². The normalized spacial score (nSPS) is 16.8. The van der Waals surface area contributed by atoms with Crippen molar-refractivity contribution in [1.29, 1.82) is 0 Å². The third-order valence-corrected chi connectivity index (χ3v) is 5.20. The van der Waals surface area contributed by atoms with Crippen LogP contribution in [0.5, 0.6) is 0 Å². The second-order valence-corrected chi connectivity index (χ2v) is 7.72. The zero-order valence-electron chi connectivity index (χ0n) is 17.0. The molecule has 0 amide bonds. The van der Waals surface area contributed by atoms with E-state index >= 15 is 0 Å². The predicted molar refractivity (Wildman–Crippen MR) is 112 cm³/mol. The van der Waals surface area contributed by atoms with E-state index in [0.717, 1.165) is 13.1 Å². The number of hydrogen-bond acceptors (Lipinski definition) is 3. The summed E-state index contributed by atoms with van der Waals surface area (Å²) in [5, 5.41) is 0. The largest absolute Gasteiger partial charge is 0.353 e. The van der Waals surface area contributed by atoms with Gasteiger partial charge in [-0.2, -0.15) is 0 Å². The topological polar surface area (TPSA) is 41.6 Å². The first-order chi connectivity index (χ1) is 12.3. The molecule has 0 saturated carbocycles. The Balaban J connectivity index is 1.91. The Hall–Kier alpha value is -0.830. The molecule has 25 heavy (non-hydrogen) atoms. The van der Waals surface area contributed by atoms with E-state index in [-0.39, 0.29) is 6.04 Å². The van der Waals surface area contributed by atoms with Gasteiger partial charge in [0.05, 0.1) is 18.9 Å². The molecule has 1 aliphatic rings. The summed E-state index contributed by atoms with van der Waals surface area (Å²) < 4.78 is 0. The molecule has 146 valence electrons. The summed E-state index contributed by atoms with van der Waals surface area (Å²) in [5.74, 6) is 0. The van der Waals surface area contributed by atoms with E-state index in [0.29, 0.717) is 6.04 Å². The molecular weight excluding hydrogens is 306 g/mol. The van der Waals surface area contributed by atoms with Crippen LogP contribution in [-0.2, 0) is 0 Å². The number of aliphatic imine (C=N–C) groups is 1. The maximum atomic E-state index is 6.12. The Morgan fingerprint density at radius 2 is 1.52 bits per heavy atom. The summed E-state index contributed by atoms with van der Waals surface area (Å²) in [7, 11) is 0. The van der Waals surface area contributed by atoms with Gasteiger partial charge in [0.25, 0.3) is 0 Å². The lowest BCUT2D eigenvalue weighted by Crippen LogP contribution is -2.43. The van der Waals surface area contributed by atoms with Crippen LogP contribution in [0.2, 0.25) is 0 Å². The molecule has 2 atom stereocenters. The second kappa shape index (κ2) is 15.4. The quantitative estimate of drug-likeness (QED) is 0.287. The summed E-state index contributed by atoms with van der Waals surface area (Å²) >= 11 is 0. The molecule has 1 heterocycles. The molecule has 3 nitrogen and oxygen atoms in total. The minimum absolute atomic E-state index is 0.155. The van der Waals surface area contributed by atoms with Gasteiger partial charge in [-0.1, -0.05) is 89.7 Å². The molecule has 0 aliphatic carbocycles. The van der Waals surface area contributed by atoms with Crippen molar-refractivity contribution in [1.82, 2.24) is 4.90 Å². The van der Waals surface area contributed by atoms with E-state index in [2.05, 4.69) is 35.9 Å². The number of nitrogens with two attached hydrogens (primary N) is 1. The van der Waals surface area contributed by atoms with Crippen LogP contribution in [-0.4, -0.2) is 36.4 Å². The highest BCUT2D eigenvalue weighted by atomic mass is 15.2. The fourth-order valence-electron chi connectivity index (χ4n) is 3.55. The Morgan fingerprint density at radius 3 is 2.00 bits per heavy atom. The Bertz CT molecular complexity index is 349. The third-order valence-electron chi connectivity index (χ3n) is 5.20. The Kier molecular flexibility index (Phi) is 13.7. The van der Waals surface area contributed by atoms with Crippen molar-refractivity contribution >= 4 is 6.34 Å². The van der Waals surface area contributed by atoms with E-state index in [9.17, 15) is 0 Å². The number of unbranched alkanes of at least 4 members (excludes halogenated alkanes) is 12. The van der Waals surface area contributed by atoms with E-state index in [4.69, 9.17) is 5.73 Å². The summed E-state index contributed by atoms with van der Waals surface area (Å²) in [6.45, 7) is 6.30. The van der Waals surface area contributed by atoms with Crippen LogP contribution >= 0.6 is 0 Å². The van der Waals surface area contributed by atoms with Crippen molar-refractivity contribution in [2.45, 2.75) is 109 Å². The van der Waals surface area contributed by atoms with Crippen molar-refractivity contribution in [3.05, 3.63) is 12.2 Å². The summed E-state index contributed by atoms with van der Waals surface area (Å²) in [6, 6.07) is 0.464. The first-order valence-electron chi connectivity index (χ1n) is 10.9. The lowest BCUT2D eigenvalue weighted by atomic mass is 10.0. The van der Waals surface area contributed by atoms with Gasteiger partial charge in [-0.15, -0.1) is 0 Å². The molecule has 0 spiro atoms. The van der Waals surface area contributed by atoms with Crippen LogP contribution in [0.1, 0.15) is 97.3 Å². The van der Waals surface area contributed by atoms with Gasteiger partial charge in [0, 0.05) is 12.6 Å². The maximum absolute atomic E-state index is 6.12. The van der Waals surface area contributed by atoms with E-state index in [1.54, 1.807) is 0 Å². The van der Waals surface area contributed by atoms with Crippen molar-refractivity contribution in [2.75, 3.05) is 13.1 Å². The summed E-state index contributed by atoms with van der Waals surface area (Å²) in [6.07, 6.45) is 24.7. The molecule has 1 rings (SSSR count). The van der Waals surface area contributed by atoms with Gasteiger partial charge in [-0.3, -0.25) is 4.99 Å². The van der Waals surface area contributed by atoms with Crippen molar-refractivity contribution in [2.24, 2.45) is 10.7 Å². The molecule has 0 saturated heterocycles. The number of rotatable bonds is 16. The molecule has 2 N–H and O–H groups in total. The minimum atomic E-state index is 0.155. The standard InChI is InChI=1S/C22H43N3/c1-3-4-5-6-7-8-9-10-11-12-13-14-15-16-17-22(21(2)23)25-19-18-24-20-25/h16-17,20-22H,3-15,18-19,23H2,1-2H3. The minimum Gasteiger partial charge on any atom is -0.353 e.